The van der Waals surface area contributed by atoms with Crippen LogP contribution in [0.4, 0.5) is 0 Å². The van der Waals surface area contributed by atoms with Crippen LogP contribution in [0.1, 0.15) is 22.8 Å². The zero-order valence-electron chi connectivity index (χ0n) is 7.85. The van der Waals surface area contributed by atoms with Gasteiger partial charge in [0.15, 0.2) is 5.78 Å². The van der Waals surface area contributed by atoms with Gasteiger partial charge < -0.3 is 4.74 Å². The lowest BCUT2D eigenvalue weighted by Gasteiger charge is -2.08. The molecule has 0 aliphatic heterocycles. The number of halogens is 1. The third-order valence-electron chi connectivity index (χ3n) is 1.86. The molecule has 13 heavy (non-hydrogen) atoms. The number of methoxy groups -OCH3 is 1. The van der Waals surface area contributed by atoms with Crippen LogP contribution in [0.2, 0.25) is 0 Å². The third kappa shape index (κ3) is 2.10. The summed E-state index contributed by atoms with van der Waals surface area (Å²) >= 11 is 3.37. The summed E-state index contributed by atoms with van der Waals surface area (Å²) in [4.78, 5) is 11.2. The molecule has 0 bridgehead atoms. The van der Waals surface area contributed by atoms with Crippen molar-refractivity contribution in [2.24, 2.45) is 0 Å². The van der Waals surface area contributed by atoms with E-state index in [4.69, 9.17) is 4.74 Å². The molecule has 0 amide bonds. The van der Waals surface area contributed by atoms with Crippen LogP contribution in [0, 0.1) is 6.92 Å². The summed E-state index contributed by atoms with van der Waals surface area (Å²) in [5.41, 5.74) is 1.67. The topological polar surface area (TPSA) is 26.3 Å². The van der Waals surface area contributed by atoms with Gasteiger partial charge >= 0.3 is 0 Å². The van der Waals surface area contributed by atoms with Crippen LogP contribution >= 0.6 is 15.9 Å². The highest BCUT2D eigenvalue weighted by atomic mass is 79.9. The van der Waals surface area contributed by atoms with Crippen molar-refractivity contribution in [1.82, 2.24) is 0 Å². The van der Waals surface area contributed by atoms with Crippen molar-refractivity contribution in [3.63, 3.8) is 0 Å². The normalized spacial score (nSPS) is 9.85. The monoisotopic (exact) mass is 242 g/mol. The van der Waals surface area contributed by atoms with Gasteiger partial charge in [0.2, 0.25) is 0 Å². The van der Waals surface area contributed by atoms with E-state index in [0.29, 0.717) is 11.3 Å². The Hall–Kier alpha value is -0.830. The molecule has 0 fully saturated rings. The number of hydrogen-bond donors (Lipinski definition) is 0. The Balaban J connectivity index is 3.33. The van der Waals surface area contributed by atoms with Crippen LogP contribution in [-0.2, 0) is 0 Å². The van der Waals surface area contributed by atoms with E-state index < -0.39 is 0 Å². The lowest BCUT2D eigenvalue weighted by atomic mass is 10.1. The molecule has 0 aliphatic rings. The third-order valence-corrected chi connectivity index (χ3v) is 2.71. The molecule has 0 spiro atoms. The molecule has 1 aromatic rings. The van der Waals surface area contributed by atoms with Gasteiger partial charge in [-0.3, -0.25) is 4.79 Å². The van der Waals surface area contributed by atoms with E-state index in [1.54, 1.807) is 13.2 Å². The van der Waals surface area contributed by atoms with Crippen LogP contribution in [0.3, 0.4) is 0 Å². The molecule has 70 valence electrons. The highest BCUT2D eigenvalue weighted by Crippen LogP contribution is 2.26. The Kier molecular flexibility index (Phi) is 3.09. The van der Waals surface area contributed by atoms with E-state index >= 15 is 0 Å². The molecular formula is C10H11BrO2. The molecule has 0 unspecified atom stereocenters. The van der Waals surface area contributed by atoms with Gasteiger partial charge in [-0.25, -0.2) is 0 Å². The Bertz CT molecular complexity index is 345. The minimum atomic E-state index is 0.0116. The molecule has 0 saturated heterocycles. The Morgan fingerprint density at radius 1 is 1.46 bits per heavy atom. The van der Waals surface area contributed by atoms with Crippen molar-refractivity contribution < 1.29 is 9.53 Å². The van der Waals surface area contributed by atoms with Crippen molar-refractivity contribution in [2.75, 3.05) is 7.11 Å². The Labute approximate surface area is 86.0 Å². The molecular weight excluding hydrogens is 232 g/mol. The number of hydrogen-bond acceptors (Lipinski definition) is 2. The second-order valence-electron chi connectivity index (χ2n) is 2.86. The number of benzene rings is 1. The van der Waals surface area contributed by atoms with E-state index in [9.17, 15) is 4.79 Å². The fourth-order valence-corrected chi connectivity index (χ4v) is 1.44. The molecule has 3 heteroatoms. The first-order valence-corrected chi connectivity index (χ1v) is 4.70. The Morgan fingerprint density at radius 2 is 2.08 bits per heavy atom. The van der Waals surface area contributed by atoms with Gasteiger partial charge in [0.05, 0.1) is 12.7 Å². The smallest absolute Gasteiger partial charge is 0.163 e. The first kappa shape index (κ1) is 10.3. The van der Waals surface area contributed by atoms with Crippen LogP contribution in [0.25, 0.3) is 0 Å². The van der Waals surface area contributed by atoms with Gasteiger partial charge in [0.25, 0.3) is 0 Å². The first-order valence-electron chi connectivity index (χ1n) is 3.91. The highest BCUT2D eigenvalue weighted by molar-refractivity contribution is 9.10. The summed E-state index contributed by atoms with van der Waals surface area (Å²) in [6.07, 6.45) is 0. The Morgan fingerprint density at radius 3 is 2.54 bits per heavy atom. The van der Waals surface area contributed by atoms with Gasteiger partial charge in [0, 0.05) is 4.47 Å². The molecule has 1 aromatic carbocycles. The van der Waals surface area contributed by atoms with E-state index in [1.165, 1.54) is 6.92 Å². The number of carbonyl (C=O) groups excluding carboxylic acids is 1. The SMILES string of the molecule is COc1cc(C)c(Br)cc1C(C)=O. The minimum absolute atomic E-state index is 0.0116. The fourth-order valence-electron chi connectivity index (χ4n) is 1.10. The van der Waals surface area contributed by atoms with Gasteiger partial charge in [0.1, 0.15) is 5.75 Å². The quantitative estimate of drug-likeness (QED) is 0.746. The van der Waals surface area contributed by atoms with E-state index in [-0.39, 0.29) is 5.78 Å². The maximum atomic E-state index is 11.2. The molecule has 0 atom stereocenters. The van der Waals surface area contributed by atoms with Crippen LogP contribution in [0.15, 0.2) is 16.6 Å². The number of rotatable bonds is 2. The van der Waals surface area contributed by atoms with E-state index in [0.717, 1.165) is 10.0 Å². The number of carbonyl (C=O) groups is 1. The average molecular weight is 243 g/mol. The first-order chi connectivity index (χ1) is 6.06. The van der Waals surface area contributed by atoms with Gasteiger partial charge in [-0.05, 0) is 31.5 Å². The van der Waals surface area contributed by atoms with Crippen LogP contribution < -0.4 is 4.74 Å². The maximum Gasteiger partial charge on any atom is 0.163 e. The van der Waals surface area contributed by atoms with Crippen molar-refractivity contribution in [3.05, 3.63) is 27.7 Å². The number of aryl methyl sites for hydroxylation is 1. The summed E-state index contributed by atoms with van der Waals surface area (Å²) in [7, 11) is 1.56. The molecule has 0 aliphatic carbocycles. The largest absolute Gasteiger partial charge is 0.496 e. The van der Waals surface area contributed by atoms with Crippen molar-refractivity contribution in [3.8, 4) is 5.75 Å². The summed E-state index contributed by atoms with van der Waals surface area (Å²) in [5.74, 6) is 0.644. The lowest BCUT2D eigenvalue weighted by molar-refractivity contribution is 0.101. The fraction of sp³-hybridized carbons (Fsp3) is 0.300. The van der Waals surface area contributed by atoms with E-state index in [2.05, 4.69) is 15.9 Å². The molecule has 1 rings (SSSR count). The van der Waals surface area contributed by atoms with Crippen LogP contribution in [-0.4, -0.2) is 12.9 Å². The van der Waals surface area contributed by atoms with Gasteiger partial charge in [-0.15, -0.1) is 0 Å². The van der Waals surface area contributed by atoms with Crippen LogP contribution in [0.5, 0.6) is 5.75 Å². The number of Topliss-reactive ketones (excluding diaryl/α,β-unsaturated/α-hetero) is 1. The van der Waals surface area contributed by atoms with Gasteiger partial charge in [-0.1, -0.05) is 15.9 Å². The molecule has 2 nitrogen and oxygen atoms in total. The number of ketones is 1. The average Bonchev–Trinajstić information content (AvgIpc) is 2.08. The lowest BCUT2D eigenvalue weighted by Crippen LogP contribution is -1.98. The van der Waals surface area contributed by atoms with Gasteiger partial charge in [-0.2, -0.15) is 0 Å². The van der Waals surface area contributed by atoms with Crippen molar-refractivity contribution in [2.45, 2.75) is 13.8 Å². The minimum Gasteiger partial charge on any atom is -0.496 e. The predicted molar refractivity (Wildman–Crippen MR) is 55.4 cm³/mol. The predicted octanol–water partition coefficient (Wildman–Crippen LogP) is 2.97. The molecule has 0 aromatic heterocycles. The summed E-state index contributed by atoms with van der Waals surface area (Å²) in [6.45, 7) is 3.48. The molecule has 0 saturated carbocycles. The molecule has 0 N–H and O–H groups in total. The zero-order chi connectivity index (χ0) is 10.0. The molecule has 0 radical (unpaired) electrons. The van der Waals surface area contributed by atoms with E-state index in [1.807, 2.05) is 13.0 Å². The summed E-state index contributed by atoms with van der Waals surface area (Å²) < 4.78 is 6.03. The summed E-state index contributed by atoms with van der Waals surface area (Å²) in [6, 6.07) is 3.64. The standard InChI is InChI=1S/C10H11BrO2/c1-6-4-10(13-3)8(7(2)12)5-9(6)11/h4-5H,1-3H3. The van der Waals surface area contributed by atoms with Crippen molar-refractivity contribution >= 4 is 21.7 Å². The maximum absolute atomic E-state index is 11.2. The molecule has 0 heterocycles. The zero-order valence-corrected chi connectivity index (χ0v) is 9.44. The second kappa shape index (κ2) is 3.92. The second-order valence-corrected chi connectivity index (χ2v) is 3.71. The highest BCUT2D eigenvalue weighted by Gasteiger charge is 2.09. The van der Waals surface area contributed by atoms with Crippen molar-refractivity contribution in [1.29, 1.82) is 0 Å². The summed E-state index contributed by atoms with van der Waals surface area (Å²) in [5, 5.41) is 0. The number of ether oxygens (including phenoxy) is 1.